The van der Waals surface area contributed by atoms with E-state index in [1.807, 2.05) is 35.9 Å². The summed E-state index contributed by atoms with van der Waals surface area (Å²) in [5, 5.41) is 3.86. The van der Waals surface area contributed by atoms with E-state index < -0.39 is 11.9 Å². The van der Waals surface area contributed by atoms with Crippen LogP contribution in [0, 0.1) is 0 Å². The van der Waals surface area contributed by atoms with Gasteiger partial charge in [-0.25, -0.2) is 0 Å². The summed E-state index contributed by atoms with van der Waals surface area (Å²) in [6.07, 6.45) is 4.21. The van der Waals surface area contributed by atoms with Crippen LogP contribution in [0.25, 0.3) is 17.0 Å². The molecule has 1 fully saturated rings. The summed E-state index contributed by atoms with van der Waals surface area (Å²) in [6.45, 7) is 3.31. The van der Waals surface area contributed by atoms with Gasteiger partial charge >= 0.3 is 5.97 Å². The summed E-state index contributed by atoms with van der Waals surface area (Å²) in [4.78, 5) is 41.7. The van der Waals surface area contributed by atoms with Crippen LogP contribution in [0.4, 0.5) is 5.69 Å². The lowest BCUT2D eigenvalue weighted by Gasteiger charge is -2.19. The summed E-state index contributed by atoms with van der Waals surface area (Å²) < 4.78 is 18.1. The van der Waals surface area contributed by atoms with Crippen molar-refractivity contribution in [1.82, 2.24) is 14.8 Å². The third kappa shape index (κ3) is 6.95. The minimum Gasteiger partial charge on any atom is -0.494 e. The highest BCUT2D eigenvalue weighted by molar-refractivity contribution is 9.10. The second-order valence-electron chi connectivity index (χ2n) is 9.11. The van der Waals surface area contributed by atoms with E-state index in [-0.39, 0.29) is 29.8 Å². The molecule has 2 heterocycles. The zero-order chi connectivity index (χ0) is 29.5. The number of halogens is 1. The predicted octanol–water partition coefficient (Wildman–Crippen LogP) is 4.10. The van der Waals surface area contributed by atoms with Crippen molar-refractivity contribution in [1.29, 1.82) is 0 Å². The first-order valence-corrected chi connectivity index (χ1v) is 14.2. The monoisotopic (exact) mass is 642 g/mol. The van der Waals surface area contributed by atoms with Crippen molar-refractivity contribution in [2.24, 2.45) is 0 Å². The number of thiocarbonyl (C=S) groups is 1. The molecule has 1 aromatic heterocycles. The number of aromatic nitrogens is 1. The van der Waals surface area contributed by atoms with Gasteiger partial charge in [-0.3, -0.25) is 19.3 Å². The molecule has 2 amide bonds. The van der Waals surface area contributed by atoms with Crippen LogP contribution in [-0.2, 0) is 30.4 Å². The Kier molecular flexibility index (Phi) is 10.1. The average Bonchev–Trinajstić information content (AvgIpc) is 3.40. The molecular formula is C29H31BrN4O6S. The number of carbonyl (C=O) groups excluding carboxylic acids is 3. The highest BCUT2D eigenvalue weighted by Crippen LogP contribution is 2.33. The number of esters is 1. The number of methoxy groups -OCH3 is 2. The molecule has 12 heteroatoms. The molecule has 0 spiro atoms. The van der Waals surface area contributed by atoms with Crippen LogP contribution in [-0.4, -0.2) is 72.9 Å². The van der Waals surface area contributed by atoms with E-state index in [2.05, 4.69) is 21.2 Å². The van der Waals surface area contributed by atoms with Gasteiger partial charge in [0.2, 0.25) is 5.91 Å². The van der Waals surface area contributed by atoms with E-state index in [0.717, 1.165) is 15.4 Å². The Balaban J connectivity index is 1.72. The SMILES string of the molecule is CCOc1ccc(N2C(=O)/C(=C/c3cn(CC(=O)NCCCOC)c4ccc(Br)cc34)N(CC(=O)OC)C2=S)cc1. The number of amides is 2. The minimum absolute atomic E-state index is 0.0881. The van der Waals surface area contributed by atoms with Crippen molar-refractivity contribution in [3.63, 3.8) is 0 Å². The van der Waals surface area contributed by atoms with Crippen molar-refractivity contribution in [2.45, 2.75) is 19.9 Å². The highest BCUT2D eigenvalue weighted by atomic mass is 79.9. The molecule has 216 valence electrons. The zero-order valence-electron chi connectivity index (χ0n) is 23.0. The molecule has 4 rings (SSSR count). The third-order valence-electron chi connectivity index (χ3n) is 6.38. The highest BCUT2D eigenvalue weighted by Gasteiger charge is 2.40. The Hall–Kier alpha value is -3.74. The molecule has 3 aromatic rings. The van der Waals surface area contributed by atoms with Crippen LogP contribution in [0.15, 0.2) is 58.8 Å². The normalized spacial score (nSPS) is 14.3. The van der Waals surface area contributed by atoms with Gasteiger partial charge in [-0.2, -0.15) is 0 Å². The van der Waals surface area contributed by atoms with Crippen LogP contribution >= 0.6 is 28.1 Å². The number of carbonyl (C=O) groups is 3. The van der Waals surface area contributed by atoms with E-state index in [9.17, 15) is 14.4 Å². The van der Waals surface area contributed by atoms with Crippen LogP contribution in [0.2, 0.25) is 0 Å². The minimum atomic E-state index is -0.546. The maximum absolute atomic E-state index is 13.8. The first kappa shape index (κ1) is 30.2. The Morgan fingerprint density at radius 1 is 1.10 bits per heavy atom. The zero-order valence-corrected chi connectivity index (χ0v) is 25.4. The fourth-order valence-corrected chi connectivity index (χ4v) is 5.17. The van der Waals surface area contributed by atoms with Crippen molar-refractivity contribution in [2.75, 3.05) is 45.4 Å². The molecule has 1 aliphatic heterocycles. The van der Waals surface area contributed by atoms with Gasteiger partial charge in [-0.15, -0.1) is 0 Å². The van der Waals surface area contributed by atoms with Crippen LogP contribution < -0.4 is 15.0 Å². The number of ether oxygens (including phenoxy) is 3. The van der Waals surface area contributed by atoms with E-state index in [4.69, 9.17) is 26.4 Å². The lowest BCUT2D eigenvalue weighted by molar-refractivity contribution is -0.140. The fraction of sp³-hybridized carbons (Fsp3) is 0.310. The number of rotatable bonds is 12. The van der Waals surface area contributed by atoms with Gasteiger partial charge in [-0.1, -0.05) is 15.9 Å². The molecule has 0 bridgehead atoms. The van der Waals surface area contributed by atoms with Crippen molar-refractivity contribution in [3.05, 3.63) is 64.4 Å². The lowest BCUT2D eigenvalue weighted by Crippen LogP contribution is -2.35. The maximum atomic E-state index is 13.8. The average molecular weight is 644 g/mol. The quantitative estimate of drug-likeness (QED) is 0.136. The number of nitrogens with zero attached hydrogens (tertiary/aromatic N) is 3. The summed E-state index contributed by atoms with van der Waals surface area (Å²) in [5.41, 5.74) is 2.24. The number of fused-ring (bicyclic) bond motifs is 1. The number of nitrogens with one attached hydrogen (secondary N) is 1. The molecule has 2 aromatic carbocycles. The van der Waals surface area contributed by atoms with Crippen LogP contribution in [0.5, 0.6) is 5.75 Å². The summed E-state index contributed by atoms with van der Waals surface area (Å²) in [6, 6.07) is 12.7. The molecule has 1 aliphatic rings. The molecule has 10 nitrogen and oxygen atoms in total. The number of benzene rings is 2. The first-order chi connectivity index (χ1) is 19.8. The van der Waals surface area contributed by atoms with Crippen LogP contribution in [0.3, 0.4) is 0 Å². The number of hydrogen-bond acceptors (Lipinski definition) is 7. The van der Waals surface area contributed by atoms with E-state index in [0.29, 0.717) is 43.2 Å². The Labute approximate surface area is 251 Å². The van der Waals surface area contributed by atoms with E-state index in [1.165, 1.54) is 16.9 Å². The number of anilines is 1. The first-order valence-electron chi connectivity index (χ1n) is 13.0. The molecule has 0 atom stereocenters. The molecule has 41 heavy (non-hydrogen) atoms. The second kappa shape index (κ2) is 13.7. The topological polar surface area (TPSA) is 102 Å². The third-order valence-corrected chi connectivity index (χ3v) is 7.28. The molecule has 0 radical (unpaired) electrons. The molecule has 1 N–H and O–H groups in total. The van der Waals surface area contributed by atoms with Gasteiger partial charge < -0.3 is 29.0 Å². The molecule has 1 saturated heterocycles. The number of hydrogen-bond donors (Lipinski definition) is 1. The Morgan fingerprint density at radius 3 is 2.54 bits per heavy atom. The molecular weight excluding hydrogens is 612 g/mol. The lowest BCUT2D eigenvalue weighted by atomic mass is 10.1. The molecule has 0 saturated carbocycles. The smallest absolute Gasteiger partial charge is 0.325 e. The van der Waals surface area contributed by atoms with Crippen molar-refractivity contribution in [3.8, 4) is 5.75 Å². The predicted molar refractivity (Wildman–Crippen MR) is 164 cm³/mol. The summed E-state index contributed by atoms with van der Waals surface area (Å²) in [7, 11) is 2.90. The molecule has 0 aliphatic carbocycles. The summed E-state index contributed by atoms with van der Waals surface area (Å²) in [5.74, 6) is -0.422. The van der Waals surface area contributed by atoms with Gasteiger partial charge in [0.1, 0.15) is 24.5 Å². The second-order valence-corrected chi connectivity index (χ2v) is 10.4. The Bertz CT molecular complexity index is 1490. The van der Waals surface area contributed by atoms with Gasteiger partial charge in [0.05, 0.1) is 19.4 Å². The van der Waals surface area contributed by atoms with Gasteiger partial charge in [0, 0.05) is 47.4 Å². The van der Waals surface area contributed by atoms with Crippen molar-refractivity contribution >= 4 is 73.7 Å². The summed E-state index contributed by atoms with van der Waals surface area (Å²) >= 11 is 9.20. The molecule has 0 unspecified atom stereocenters. The van der Waals surface area contributed by atoms with Gasteiger partial charge in [-0.05, 0) is 74.1 Å². The van der Waals surface area contributed by atoms with E-state index in [1.54, 1.807) is 37.5 Å². The van der Waals surface area contributed by atoms with Gasteiger partial charge in [0.15, 0.2) is 5.11 Å². The standard InChI is InChI=1S/C29H31BrN4O6S/c1-4-40-22-9-7-21(8-10-22)34-28(37)25(33(29(34)41)18-27(36)39-3)14-19-16-32(17-26(35)31-12-5-13-38-2)24-11-6-20(30)15-23(19)24/h6-11,14-16H,4-5,12-13,17-18H2,1-3H3,(H,31,35)/b25-14-. The van der Waals surface area contributed by atoms with E-state index >= 15 is 0 Å². The van der Waals surface area contributed by atoms with Crippen LogP contribution in [0.1, 0.15) is 18.9 Å². The fourth-order valence-electron chi connectivity index (χ4n) is 4.46. The largest absolute Gasteiger partial charge is 0.494 e. The van der Waals surface area contributed by atoms with Gasteiger partial charge in [0.25, 0.3) is 5.91 Å². The maximum Gasteiger partial charge on any atom is 0.325 e. The van der Waals surface area contributed by atoms with Crippen molar-refractivity contribution < 1.29 is 28.6 Å². The Morgan fingerprint density at radius 2 is 1.85 bits per heavy atom.